The second-order valence-corrected chi connectivity index (χ2v) is 8.39. The third-order valence-electron chi connectivity index (χ3n) is 4.42. The molecule has 3 aromatic carbocycles. The molecule has 0 fully saturated rings. The molecule has 36 heavy (non-hydrogen) atoms. The summed E-state index contributed by atoms with van der Waals surface area (Å²) >= 11 is 8.99. The van der Waals surface area contributed by atoms with Crippen molar-refractivity contribution in [1.82, 2.24) is 5.43 Å². The number of hydrogen-bond donors (Lipinski definition) is 3. The number of hydrazone groups is 1. The van der Waals surface area contributed by atoms with Crippen LogP contribution in [0.25, 0.3) is 0 Å². The Labute approximate surface area is 218 Å². The van der Waals surface area contributed by atoms with E-state index in [0.717, 1.165) is 0 Å². The molecule has 3 aromatic rings. The van der Waals surface area contributed by atoms with Gasteiger partial charge < -0.3 is 20.1 Å². The first-order valence-corrected chi connectivity index (χ1v) is 11.4. The van der Waals surface area contributed by atoms with Crippen LogP contribution < -0.4 is 25.5 Å². The molecule has 0 radical (unpaired) electrons. The Morgan fingerprint density at radius 3 is 2.56 bits per heavy atom. The molecular weight excluding hydrogens is 559 g/mol. The summed E-state index contributed by atoms with van der Waals surface area (Å²) in [6.07, 6.45) is 1.29. The van der Waals surface area contributed by atoms with E-state index in [1.54, 1.807) is 36.4 Å². The summed E-state index contributed by atoms with van der Waals surface area (Å²) in [6, 6.07) is 15.2. The lowest BCUT2D eigenvalue weighted by molar-refractivity contribution is -0.136. The smallest absolute Gasteiger partial charge is 0.329 e. The van der Waals surface area contributed by atoms with Crippen LogP contribution in [0.1, 0.15) is 5.56 Å². The Balaban J connectivity index is 1.53. The molecule has 0 aromatic heterocycles. The number of hydrogen-bond acceptors (Lipinski definition) is 6. The number of anilines is 2. The zero-order valence-electron chi connectivity index (χ0n) is 18.7. The first-order chi connectivity index (χ1) is 17.2. The van der Waals surface area contributed by atoms with E-state index in [0.29, 0.717) is 20.7 Å². The zero-order chi connectivity index (χ0) is 26.1. The highest BCUT2D eigenvalue weighted by molar-refractivity contribution is 9.10. The maximum absolute atomic E-state index is 13.9. The number of benzene rings is 3. The quantitative estimate of drug-likeness (QED) is 0.209. The number of ether oxygens (including phenoxy) is 2. The summed E-state index contributed by atoms with van der Waals surface area (Å²) in [5, 5.41) is 8.98. The highest BCUT2D eigenvalue weighted by Crippen LogP contribution is 2.27. The van der Waals surface area contributed by atoms with Gasteiger partial charge in [0.15, 0.2) is 18.1 Å². The maximum atomic E-state index is 13.9. The Morgan fingerprint density at radius 1 is 1.03 bits per heavy atom. The molecule has 9 nitrogen and oxygen atoms in total. The molecular formula is C24H19BrClFN4O5. The molecule has 0 atom stereocenters. The average molecular weight is 578 g/mol. The largest absolute Gasteiger partial charge is 0.493 e. The van der Waals surface area contributed by atoms with Crippen molar-refractivity contribution in [2.24, 2.45) is 5.10 Å². The van der Waals surface area contributed by atoms with Gasteiger partial charge in [-0.1, -0.05) is 33.6 Å². The fraction of sp³-hybridized carbons (Fsp3) is 0.0833. The number of carbonyl (C=O) groups is 3. The highest BCUT2D eigenvalue weighted by atomic mass is 79.9. The van der Waals surface area contributed by atoms with E-state index in [2.05, 4.69) is 37.1 Å². The van der Waals surface area contributed by atoms with Gasteiger partial charge in [-0.3, -0.25) is 14.4 Å². The molecule has 0 saturated heterocycles. The molecule has 0 unspecified atom stereocenters. The van der Waals surface area contributed by atoms with Crippen molar-refractivity contribution in [3.05, 3.63) is 81.5 Å². The molecule has 0 aliphatic rings. The van der Waals surface area contributed by atoms with E-state index in [9.17, 15) is 18.8 Å². The third-order valence-corrected chi connectivity index (χ3v) is 5.15. The van der Waals surface area contributed by atoms with Gasteiger partial charge in [-0.05, 0) is 60.2 Å². The molecule has 0 saturated carbocycles. The first-order valence-electron chi connectivity index (χ1n) is 10.2. The molecule has 0 spiro atoms. The first kappa shape index (κ1) is 26.6. The van der Waals surface area contributed by atoms with E-state index >= 15 is 0 Å². The minimum atomic E-state index is -0.980. The van der Waals surface area contributed by atoms with E-state index in [1.165, 1.54) is 37.6 Å². The zero-order valence-corrected chi connectivity index (χ0v) is 21.0. The van der Waals surface area contributed by atoms with E-state index in [4.69, 9.17) is 21.1 Å². The summed E-state index contributed by atoms with van der Waals surface area (Å²) in [5.41, 5.74) is 3.01. The summed E-state index contributed by atoms with van der Waals surface area (Å²) < 4.78 is 25.2. The number of methoxy groups -OCH3 is 1. The lowest BCUT2D eigenvalue weighted by Gasteiger charge is -2.12. The van der Waals surface area contributed by atoms with Crippen LogP contribution in [-0.4, -0.2) is 37.7 Å². The van der Waals surface area contributed by atoms with Gasteiger partial charge in [-0.15, -0.1) is 0 Å². The lowest BCUT2D eigenvalue weighted by atomic mass is 10.2. The predicted molar refractivity (Wildman–Crippen MR) is 137 cm³/mol. The maximum Gasteiger partial charge on any atom is 0.329 e. The third kappa shape index (κ3) is 7.79. The average Bonchev–Trinajstić information content (AvgIpc) is 2.84. The van der Waals surface area contributed by atoms with Crippen LogP contribution >= 0.6 is 27.5 Å². The van der Waals surface area contributed by atoms with Crippen LogP contribution in [0.4, 0.5) is 15.8 Å². The van der Waals surface area contributed by atoms with Crippen molar-refractivity contribution in [3.63, 3.8) is 0 Å². The van der Waals surface area contributed by atoms with Crippen molar-refractivity contribution >= 4 is 62.8 Å². The molecule has 0 aliphatic heterocycles. The van der Waals surface area contributed by atoms with Gasteiger partial charge in [0.05, 0.1) is 19.0 Å². The Hall–Kier alpha value is -3.96. The van der Waals surface area contributed by atoms with Gasteiger partial charge >= 0.3 is 11.8 Å². The normalized spacial score (nSPS) is 10.6. The molecule has 3 rings (SSSR count). The van der Waals surface area contributed by atoms with Crippen molar-refractivity contribution in [3.8, 4) is 11.5 Å². The van der Waals surface area contributed by atoms with Gasteiger partial charge in [0, 0.05) is 15.2 Å². The summed E-state index contributed by atoms with van der Waals surface area (Å²) in [7, 11) is 1.41. The number of rotatable bonds is 8. The fourth-order valence-electron chi connectivity index (χ4n) is 2.77. The predicted octanol–water partition coefficient (Wildman–Crippen LogP) is 4.36. The van der Waals surface area contributed by atoms with E-state index in [-0.39, 0.29) is 17.2 Å². The number of halogens is 3. The van der Waals surface area contributed by atoms with Crippen LogP contribution in [0.2, 0.25) is 5.02 Å². The number of nitrogens with zero attached hydrogens (tertiary/aromatic N) is 1. The Kier molecular flexibility index (Phi) is 9.37. The van der Waals surface area contributed by atoms with Crippen LogP contribution in [0.5, 0.6) is 11.5 Å². The second kappa shape index (κ2) is 12.7. The van der Waals surface area contributed by atoms with Gasteiger partial charge in [0.1, 0.15) is 5.82 Å². The Bertz CT molecular complexity index is 1320. The second-order valence-electron chi connectivity index (χ2n) is 7.03. The Morgan fingerprint density at radius 2 is 1.83 bits per heavy atom. The number of carbonyl (C=O) groups excluding carboxylic acids is 3. The van der Waals surface area contributed by atoms with Gasteiger partial charge in [-0.25, -0.2) is 9.82 Å². The van der Waals surface area contributed by atoms with Crippen LogP contribution in [-0.2, 0) is 14.4 Å². The van der Waals surface area contributed by atoms with E-state index in [1.807, 2.05) is 0 Å². The lowest BCUT2D eigenvalue weighted by Crippen LogP contribution is -2.32. The summed E-state index contributed by atoms with van der Waals surface area (Å²) in [5.74, 6) is -2.52. The van der Waals surface area contributed by atoms with Crippen molar-refractivity contribution in [2.45, 2.75) is 0 Å². The SMILES string of the molecule is COc1cc(/C=N\NC(=O)C(=O)Nc2cccc(Cl)c2)ccc1OCC(=O)Nc1ccc(Br)cc1F. The topological polar surface area (TPSA) is 118 Å². The molecule has 0 bridgehead atoms. The number of amides is 3. The van der Waals surface area contributed by atoms with Crippen LogP contribution in [0.3, 0.4) is 0 Å². The fourth-order valence-corrected chi connectivity index (χ4v) is 3.30. The van der Waals surface area contributed by atoms with Crippen molar-refractivity contribution < 1.29 is 28.2 Å². The highest BCUT2D eigenvalue weighted by Gasteiger charge is 2.14. The number of nitrogens with one attached hydrogen (secondary N) is 3. The summed E-state index contributed by atoms with van der Waals surface area (Å²) in [4.78, 5) is 36.0. The van der Waals surface area contributed by atoms with Crippen LogP contribution in [0, 0.1) is 5.82 Å². The molecule has 0 aliphatic carbocycles. The van der Waals surface area contributed by atoms with Gasteiger partial charge in [0.25, 0.3) is 5.91 Å². The molecule has 3 N–H and O–H groups in total. The van der Waals surface area contributed by atoms with Gasteiger partial charge in [0.2, 0.25) is 0 Å². The minimum Gasteiger partial charge on any atom is -0.493 e. The van der Waals surface area contributed by atoms with Crippen LogP contribution in [0.15, 0.2) is 70.2 Å². The van der Waals surface area contributed by atoms with E-state index < -0.39 is 30.1 Å². The minimum absolute atomic E-state index is 0.0219. The molecule has 186 valence electrons. The molecule has 12 heteroatoms. The molecule has 0 heterocycles. The van der Waals surface area contributed by atoms with Crippen molar-refractivity contribution in [1.29, 1.82) is 0 Å². The monoisotopic (exact) mass is 576 g/mol. The summed E-state index contributed by atoms with van der Waals surface area (Å²) in [6.45, 7) is -0.392. The van der Waals surface area contributed by atoms with Gasteiger partial charge in [-0.2, -0.15) is 5.10 Å². The molecule has 3 amide bonds. The van der Waals surface area contributed by atoms with Crippen molar-refractivity contribution in [2.75, 3.05) is 24.4 Å². The standard InChI is InChI=1S/C24H19BrClFN4O5/c1-35-21-9-14(12-28-31-24(34)23(33)29-17-4-2-3-16(26)11-17)5-8-20(21)36-13-22(32)30-19-7-6-15(25)10-18(19)27/h2-12H,13H2,1H3,(H,29,33)(H,30,32)(H,31,34)/b28-12-.